The number of esters is 1. The molecule has 1 aromatic rings. The Morgan fingerprint density at radius 1 is 1.60 bits per heavy atom. The van der Waals surface area contributed by atoms with E-state index in [1.54, 1.807) is 12.3 Å². The Morgan fingerprint density at radius 3 is 3.05 bits per heavy atom. The highest BCUT2D eigenvalue weighted by molar-refractivity contribution is 5.85. The lowest BCUT2D eigenvalue weighted by atomic mass is 10.1. The second-order valence-corrected chi connectivity index (χ2v) is 5.38. The first-order valence-corrected chi connectivity index (χ1v) is 6.99. The molecule has 1 fully saturated rings. The number of aromatic nitrogens is 2. The largest absolute Gasteiger partial charge is 0.463 e. The third-order valence-corrected chi connectivity index (χ3v) is 3.64. The number of carbonyl (C=O) groups is 1. The van der Waals surface area contributed by atoms with Gasteiger partial charge in [-0.15, -0.1) is 0 Å². The van der Waals surface area contributed by atoms with Gasteiger partial charge in [0.05, 0.1) is 7.11 Å². The molecule has 2 heterocycles. The van der Waals surface area contributed by atoms with Gasteiger partial charge in [0.1, 0.15) is 5.82 Å². The number of hydrogen-bond acceptors (Lipinski definition) is 6. The van der Waals surface area contributed by atoms with Crippen molar-refractivity contribution in [3.63, 3.8) is 0 Å². The normalized spacial score (nSPS) is 19.3. The smallest absolute Gasteiger partial charge is 0.376 e. The van der Waals surface area contributed by atoms with Gasteiger partial charge >= 0.3 is 5.97 Å². The second kappa shape index (κ2) is 6.65. The van der Waals surface area contributed by atoms with E-state index in [-0.39, 0.29) is 5.82 Å². The van der Waals surface area contributed by atoms with Crippen molar-refractivity contribution in [2.24, 2.45) is 5.92 Å². The minimum Gasteiger partial charge on any atom is -0.463 e. The van der Waals surface area contributed by atoms with Gasteiger partial charge in [0, 0.05) is 25.3 Å². The summed E-state index contributed by atoms with van der Waals surface area (Å²) in [4.78, 5) is 21.9. The van der Waals surface area contributed by atoms with Crippen LogP contribution in [0.3, 0.4) is 0 Å². The summed E-state index contributed by atoms with van der Waals surface area (Å²) in [6, 6.07) is 2.37. The van der Waals surface area contributed by atoms with Gasteiger partial charge < -0.3 is 15.0 Å². The molecular weight excluding hydrogens is 256 g/mol. The molecule has 110 valence electrons. The van der Waals surface area contributed by atoms with Crippen molar-refractivity contribution in [1.82, 2.24) is 14.9 Å². The van der Waals surface area contributed by atoms with Gasteiger partial charge in [-0.2, -0.15) is 0 Å². The van der Waals surface area contributed by atoms with E-state index in [1.165, 1.54) is 13.5 Å². The minimum absolute atomic E-state index is 0.0905. The number of anilines is 1. The molecule has 0 amide bonds. The maximum atomic E-state index is 11.4. The zero-order valence-electron chi connectivity index (χ0n) is 12.3. The molecule has 1 atom stereocenters. The minimum atomic E-state index is -0.513. The summed E-state index contributed by atoms with van der Waals surface area (Å²) in [6.07, 6.45) is 2.76. The van der Waals surface area contributed by atoms with Gasteiger partial charge in [-0.1, -0.05) is 0 Å². The molecule has 1 aliphatic heterocycles. The number of carbonyl (C=O) groups excluding carboxylic acids is 1. The molecule has 2 rings (SSSR count). The van der Waals surface area contributed by atoms with Gasteiger partial charge in [-0.05, 0) is 38.8 Å². The molecule has 1 saturated heterocycles. The molecule has 0 bridgehead atoms. The average molecular weight is 278 g/mol. The maximum Gasteiger partial charge on any atom is 0.376 e. The topological polar surface area (TPSA) is 67.3 Å². The summed E-state index contributed by atoms with van der Waals surface area (Å²) in [5.74, 6) is 0.866. The SMILES string of the molecule is COC(=O)c1nccc(NCC2CCN(C(C)C)C2)n1. The lowest BCUT2D eigenvalue weighted by molar-refractivity contribution is 0.0587. The molecule has 1 unspecified atom stereocenters. The summed E-state index contributed by atoms with van der Waals surface area (Å²) in [5, 5.41) is 3.28. The van der Waals surface area contributed by atoms with Crippen molar-refractivity contribution in [2.75, 3.05) is 32.1 Å². The van der Waals surface area contributed by atoms with Crippen LogP contribution in [0.4, 0.5) is 5.82 Å². The predicted octanol–water partition coefficient (Wildman–Crippen LogP) is 1.41. The van der Waals surface area contributed by atoms with Crippen molar-refractivity contribution in [2.45, 2.75) is 26.3 Å². The second-order valence-electron chi connectivity index (χ2n) is 5.38. The van der Waals surface area contributed by atoms with Crippen LogP contribution < -0.4 is 5.32 Å². The van der Waals surface area contributed by atoms with E-state index in [0.29, 0.717) is 17.8 Å². The number of methoxy groups -OCH3 is 1. The highest BCUT2D eigenvalue weighted by Gasteiger charge is 2.23. The summed E-state index contributed by atoms with van der Waals surface area (Å²) < 4.78 is 4.61. The monoisotopic (exact) mass is 278 g/mol. The number of rotatable bonds is 5. The highest BCUT2D eigenvalue weighted by Crippen LogP contribution is 2.18. The molecule has 1 aliphatic rings. The van der Waals surface area contributed by atoms with Crippen molar-refractivity contribution < 1.29 is 9.53 Å². The molecular formula is C14H22N4O2. The van der Waals surface area contributed by atoms with Gasteiger partial charge in [0.15, 0.2) is 0 Å². The first-order valence-electron chi connectivity index (χ1n) is 6.99. The highest BCUT2D eigenvalue weighted by atomic mass is 16.5. The number of likely N-dealkylation sites (tertiary alicyclic amines) is 1. The van der Waals surface area contributed by atoms with Gasteiger partial charge in [-0.25, -0.2) is 14.8 Å². The Hall–Kier alpha value is -1.69. The van der Waals surface area contributed by atoms with Gasteiger partial charge in [0.2, 0.25) is 5.82 Å². The van der Waals surface area contributed by atoms with E-state index in [9.17, 15) is 4.79 Å². The Kier molecular flexibility index (Phi) is 4.89. The fraction of sp³-hybridized carbons (Fsp3) is 0.643. The third-order valence-electron chi connectivity index (χ3n) is 3.64. The molecule has 0 spiro atoms. The van der Waals surface area contributed by atoms with E-state index in [0.717, 1.165) is 19.6 Å². The summed E-state index contributed by atoms with van der Waals surface area (Å²) in [5.41, 5.74) is 0. The first-order chi connectivity index (χ1) is 9.60. The van der Waals surface area contributed by atoms with Gasteiger partial charge in [-0.3, -0.25) is 0 Å². The van der Waals surface area contributed by atoms with E-state index in [1.807, 2.05) is 0 Å². The Morgan fingerprint density at radius 2 is 2.40 bits per heavy atom. The molecule has 0 aliphatic carbocycles. The molecule has 0 radical (unpaired) electrons. The first kappa shape index (κ1) is 14.7. The van der Waals surface area contributed by atoms with Crippen molar-refractivity contribution in [3.8, 4) is 0 Å². The van der Waals surface area contributed by atoms with Crippen LogP contribution in [0, 0.1) is 5.92 Å². The molecule has 1 N–H and O–H groups in total. The maximum absolute atomic E-state index is 11.4. The fourth-order valence-corrected chi connectivity index (χ4v) is 2.39. The van der Waals surface area contributed by atoms with Crippen LogP contribution in [-0.4, -0.2) is 53.6 Å². The summed E-state index contributed by atoms with van der Waals surface area (Å²) >= 11 is 0. The molecule has 1 aromatic heterocycles. The van der Waals surface area contributed by atoms with Gasteiger partial charge in [0.25, 0.3) is 0 Å². The molecule has 0 saturated carbocycles. The van der Waals surface area contributed by atoms with Crippen LogP contribution in [0.5, 0.6) is 0 Å². The summed E-state index contributed by atoms with van der Waals surface area (Å²) in [7, 11) is 1.32. The number of hydrogen-bond donors (Lipinski definition) is 1. The van der Waals surface area contributed by atoms with E-state index in [4.69, 9.17) is 0 Å². The predicted molar refractivity (Wildman–Crippen MR) is 76.7 cm³/mol. The van der Waals surface area contributed by atoms with E-state index >= 15 is 0 Å². The third kappa shape index (κ3) is 3.66. The molecule has 6 heteroatoms. The number of nitrogens with zero attached hydrogens (tertiary/aromatic N) is 3. The number of nitrogens with one attached hydrogen (secondary N) is 1. The molecule has 20 heavy (non-hydrogen) atoms. The number of ether oxygens (including phenoxy) is 1. The Bertz CT molecular complexity index is 464. The fourth-order valence-electron chi connectivity index (χ4n) is 2.39. The van der Waals surface area contributed by atoms with Crippen molar-refractivity contribution in [1.29, 1.82) is 0 Å². The Labute approximate surface area is 119 Å². The summed E-state index contributed by atoms with van der Waals surface area (Å²) in [6.45, 7) is 7.58. The molecule has 6 nitrogen and oxygen atoms in total. The quantitative estimate of drug-likeness (QED) is 0.821. The van der Waals surface area contributed by atoms with Crippen LogP contribution in [0.2, 0.25) is 0 Å². The van der Waals surface area contributed by atoms with Crippen LogP contribution in [0.1, 0.15) is 30.9 Å². The lowest BCUT2D eigenvalue weighted by Crippen LogP contribution is -2.29. The van der Waals surface area contributed by atoms with Crippen LogP contribution >= 0.6 is 0 Å². The van der Waals surface area contributed by atoms with Crippen LogP contribution in [-0.2, 0) is 4.74 Å². The van der Waals surface area contributed by atoms with Crippen LogP contribution in [0.15, 0.2) is 12.3 Å². The molecule has 0 aromatic carbocycles. The standard InChI is InChI=1S/C14H22N4O2/c1-10(2)18-7-5-11(9-18)8-16-12-4-6-15-13(17-12)14(19)20-3/h4,6,10-11H,5,7-9H2,1-3H3,(H,15,16,17). The van der Waals surface area contributed by atoms with Crippen molar-refractivity contribution in [3.05, 3.63) is 18.1 Å². The van der Waals surface area contributed by atoms with Crippen molar-refractivity contribution >= 4 is 11.8 Å². The van der Waals surface area contributed by atoms with E-state index < -0.39 is 5.97 Å². The lowest BCUT2D eigenvalue weighted by Gasteiger charge is -2.20. The van der Waals surface area contributed by atoms with E-state index in [2.05, 4.69) is 38.8 Å². The average Bonchev–Trinajstić information content (AvgIpc) is 2.93. The Balaban J connectivity index is 1.87. The zero-order chi connectivity index (χ0) is 14.5. The zero-order valence-corrected chi connectivity index (χ0v) is 12.3. The van der Waals surface area contributed by atoms with Crippen LogP contribution in [0.25, 0.3) is 0 Å².